The Morgan fingerprint density at radius 3 is 1.10 bits per heavy atom. The van der Waals surface area contributed by atoms with Crippen molar-refractivity contribution in [2.75, 3.05) is 48.2 Å². The molecular weight excluding hydrogens is 1560 g/mol. The topological polar surface area (TPSA) is 468 Å². The molecule has 8 bridgehead atoms. The van der Waals surface area contributed by atoms with E-state index in [-0.39, 0.29) is 85.0 Å². The van der Waals surface area contributed by atoms with E-state index in [0.29, 0.717) is 31.4 Å². The standard InChI is InChI=1S/C32H32N8.C11H15N7O6S2.3C8H10.CH5NO2S.CH4O3S.CH4O2S.4CH4.B.Cu.H2/c1-2-10-18-17(9-1)25-33-26(18)38-28-21-13-5-6-14-22(21)30(35-28)40-32-24-16-8-7-15-23(24)31(36-32)39-29-20-12-4-3-11-19(20)27(34-29)37-25;12-3-4-14-10-16-9(13)17-11(18-10)15-7-5-6(26(20,21)22)1-2-8(7)25-24-23-19;3*1-7-5-3-4-6-8(7)2;2*1-5(2,3)4;1-4(2)3;;;;;;;/h1-16H2;1-2,5,19H,3-4,12H2,(H,20,21,22)(H4,13,14,15,16,17,18);3*3-6H,1-2H3;1H3,(H2,2,3,4);1H3,(H,2,3,4);1H3,(H,2,3);4*1H4;;;1H/q-2;;;;;;;;;;;;;+2;/p-1/i;;;;;;;;;;;;;;1+1. The van der Waals surface area contributed by atoms with E-state index >= 15 is 0 Å². The minimum atomic E-state index is -4.46. The van der Waals surface area contributed by atoms with Crippen molar-refractivity contribution in [1.29, 1.82) is 0 Å². The Hall–Kier alpha value is -7.78. The van der Waals surface area contributed by atoms with Gasteiger partial charge in [0.2, 0.25) is 27.9 Å². The van der Waals surface area contributed by atoms with Gasteiger partial charge in [-0.05, 0) is 247 Å². The number of hydrogen-bond acceptors (Lipinski definition) is 25. The Balaban J connectivity index is 0.00000146. The number of nitrogen functional groups attached to an aromatic ring is 1. The third kappa shape index (κ3) is 31.8. The zero-order valence-corrected chi connectivity index (χ0v) is 65.4. The molecule has 11 N–H and O–H groups in total. The predicted molar refractivity (Wildman–Crippen MR) is 440 cm³/mol. The zero-order chi connectivity index (χ0) is 75.9. The molecule has 4 aliphatic carbocycles. The number of aromatic nitrogens is 11. The van der Waals surface area contributed by atoms with Crippen molar-refractivity contribution in [3.63, 3.8) is 0 Å². The molecule has 4 aromatic heterocycles. The van der Waals surface area contributed by atoms with E-state index in [1.807, 2.05) is 0 Å². The minimum absolute atomic E-state index is 0. The molecule has 6 aliphatic rings. The van der Waals surface area contributed by atoms with Gasteiger partial charge in [-0.25, -0.2) is 28.8 Å². The number of nitrogens with one attached hydrogen (secondary N) is 2. The number of fused-ring (bicyclic) bond motifs is 18. The smallest absolute Gasteiger partial charge is 0.773 e. The van der Waals surface area contributed by atoms with E-state index < -0.39 is 46.2 Å². The Morgan fingerprint density at radius 2 is 0.827 bits per heavy atom. The molecule has 110 heavy (non-hydrogen) atoms. The number of benzene rings is 4. The van der Waals surface area contributed by atoms with Gasteiger partial charge < -0.3 is 56.6 Å². The fourth-order valence-corrected chi connectivity index (χ4v) is 12.3. The van der Waals surface area contributed by atoms with Gasteiger partial charge in [-0.15, -0.1) is 4.33 Å². The van der Waals surface area contributed by atoms with Crippen molar-refractivity contribution >= 4 is 130 Å². The summed E-state index contributed by atoms with van der Waals surface area (Å²) in [4.78, 5) is 52.7. The summed E-state index contributed by atoms with van der Waals surface area (Å²) in [6.07, 6.45) is 20.0. The molecule has 4 aromatic carbocycles. The Labute approximate surface area is 669 Å². The number of nitrogens with two attached hydrogens (primary N) is 3. The van der Waals surface area contributed by atoms with Crippen LogP contribution in [0.15, 0.2) is 101 Å². The van der Waals surface area contributed by atoms with Crippen molar-refractivity contribution in [3.8, 4) is 0 Å². The first kappa shape index (κ1) is 100. The molecule has 0 saturated carbocycles. The molecule has 0 fully saturated rings. The summed E-state index contributed by atoms with van der Waals surface area (Å²) < 4.78 is 98.9. The van der Waals surface area contributed by atoms with Crippen LogP contribution in [-0.2, 0) is 93.5 Å². The summed E-state index contributed by atoms with van der Waals surface area (Å²) in [6, 6.07) is 28.6. The number of nitrogens with zero attached hydrogens (tertiary/aromatic N) is 11. The number of sulfonamides is 1. The quantitative estimate of drug-likeness (QED) is 0.0166. The monoisotopic (exact) mass is 1660 g/mol. The maximum atomic E-state index is 11.3. The normalized spacial score (nSPS) is 13.7. The molecule has 4 radical (unpaired) electrons. The van der Waals surface area contributed by atoms with Crippen molar-refractivity contribution in [3.05, 3.63) is 170 Å². The second-order valence-electron chi connectivity index (χ2n) is 24.9. The van der Waals surface area contributed by atoms with Crippen LogP contribution in [0.25, 0.3) is 44.9 Å². The minimum Gasteiger partial charge on any atom is -0.773 e. The average Bonchev–Trinajstić information content (AvgIpc) is 1.62. The molecular formula is C74H107BCuN16O13S5-. The van der Waals surface area contributed by atoms with Crippen LogP contribution < -0.4 is 37.2 Å². The SMILES string of the molecule is C.C.C.C.C1CCC2=C(C1)c1nc2nc2[n-]c(nc3nc(nc4[n-]c(n1)c1c4CCCC1)C1=C3CCCC1)c1c2CCCC1.CS(=O)(=O)O.CS(=O)[O-].CS(N)(=O)=O.Cc1ccccc1C.Cc1ccccc1C.Cc1ccccc1C.NCCNc1nc(N)nc(Nc2cc(S(=O)(=O)O)ccc2SOOO)n1.[2HH].[B].[Cu+2]. The number of hydrogen-bond donors (Lipinski definition) is 8. The summed E-state index contributed by atoms with van der Waals surface area (Å²) in [5, 5.41) is 21.7. The summed E-state index contributed by atoms with van der Waals surface area (Å²) >= 11 is -1.30. The molecule has 29 nitrogen and oxygen atoms in total. The number of anilines is 4. The van der Waals surface area contributed by atoms with Gasteiger partial charge in [0.05, 0.1) is 63.3 Å². The van der Waals surface area contributed by atoms with Crippen molar-refractivity contribution in [1.82, 2.24) is 54.8 Å². The molecule has 36 heteroatoms. The van der Waals surface area contributed by atoms with Crippen molar-refractivity contribution < 1.29 is 76.2 Å². The maximum Gasteiger partial charge on any atom is 2.00 e. The second kappa shape index (κ2) is 47.6. The van der Waals surface area contributed by atoms with Crippen LogP contribution in [0.3, 0.4) is 0 Å². The number of allylic oxidation sites excluding steroid dienone is 4. The second-order valence-corrected chi connectivity index (χ2v) is 31.0. The molecule has 8 aromatic rings. The summed E-state index contributed by atoms with van der Waals surface area (Å²) in [5.74, 6) is 3.24. The molecule has 14 rings (SSSR count). The largest absolute Gasteiger partial charge is 2.00 e. The molecule has 1 atom stereocenters. The van der Waals surface area contributed by atoms with Gasteiger partial charge in [-0.2, -0.15) is 31.8 Å². The first-order chi connectivity index (χ1) is 49.3. The van der Waals surface area contributed by atoms with E-state index in [1.54, 1.807) is 0 Å². The van der Waals surface area contributed by atoms with Crippen LogP contribution in [0.2, 0.25) is 0 Å². The van der Waals surface area contributed by atoms with Crippen molar-refractivity contribution in [2.24, 2.45) is 10.9 Å². The first-order valence-corrected chi connectivity index (χ1v) is 40.8. The Bertz CT molecular complexity index is 4500. The third-order valence-corrected chi connectivity index (χ3v) is 18.2. The number of aryl methyl sites for hydroxylation is 10. The van der Waals surface area contributed by atoms with Crippen LogP contribution in [-0.4, -0.2) is 134 Å². The molecule has 1 unspecified atom stereocenters. The third-order valence-electron chi connectivity index (χ3n) is 16.7. The van der Waals surface area contributed by atoms with E-state index in [1.165, 1.54) is 84.0 Å². The van der Waals surface area contributed by atoms with Gasteiger partial charge in [-0.1, -0.05) is 119 Å². The fraction of sp³-hybridized carbons (Fsp3) is 0.419. The fourth-order valence-electron chi connectivity index (χ4n) is 11.4. The average molecular weight is 1660 g/mol. The Morgan fingerprint density at radius 1 is 0.536 bits per heavy atom. The maximum absolute atomic E-state index is 11.3. The van der Waals surface area contributed by atoms with Crippen molar-refractivity contribution in [2.45, 2.75) is 184 Å². The van der Waals surface area contributed by atoms with E-state index in [9.17, 15) is 29.8 Å². The van der Waals surface area contributed by atoms with E-state index in [4.69, 9.17) is 69.9 Å². The molecule has 606 valence electrons. The summed E-state index contributed by atoms with van der Waals surface area (Å²) in [5.41, 5.74) is 32.5. The number of rotatable bonds is 9. The van der Waals surface area contributed by atoms with Gasteiger partial charge in [0, 0.05) is 45.5 Å². The van der Waals surface area contributed by atoms with Crippen LogP contribution in [0.4, 0.5) is 23.5 Å². The van der Waals surface area contributed by atoms with Gasteiger partial charge in [-0.3, -0.25) is 13.3 Å². The molecule has 0 saturated heterocycles. The molecule has 2 aliphatic heterocycles. The summed E-state index contributed by atoms with van der Waals surface area (Å²) in [7, 11) is -11.3. The summed E-state index contributed by atoms with van der Waals surface area (Å²) in [6.45, 7) is 13.5. The predicted octanol–water partition coefficient (Wildman–Crippen LogP) is 13.3. The molecule has 0 spiro atoms. The van der Waals surface area contributed by atoms with E-state index in [2.05, 4.69) is 154 Å². The van der Waals surface area contributed by atoms with Gasteiger partial charge >= 0.3 is 17.1 Å². The number of primary sulfonamides is 1. The van der Waals surface area contributed by atoms with Crippen LogP contribution in [0, 0.1) is 41.5 Å². The molecule has 0 amide bonds. The first-order valence-electron chi connectivity index (χ1n) is 33.4. The van der Waals surface area contributed by atoms with Gasteiger partial charge in [0.15, 0.2) is 0 Å². The van der Waals surface area contributed by atoms with Gasteiger partial charge in [0.1, 0.15) is 0 Å². The van der Waals surface area contributed by atoms with Gasteiger partial charge in [0.25, 0.3) is 20.2 Å². The van der Waals surface area contributed by atoms with Crippen LogP contribution in [0.5, 0.6) is 0 Å². The zero-order valence-electron chi connectivity index (χ0n) is 60.4. The molecule has 6 heterocycles. The van der Waals surface area contributed by atoms with E-state index in [0.717, 1.165) is 173 Å². The van der Waals surface area contributed by atoms with Crippen LogP contribution >= 0.6 is 12.0 Å². The van der Waals surface area contributed by atoms with Crippen LogP contribution in [0.1, 0.15) is 187 Å². The Kier molecular flexibility index (Phi) is 43.3.